The maximum atomic E-state index is 2.41. The Labute approximate surface area is 418 Å². The van der Waals surface area contributed by atoms with Crippen molar-refractivity contribution in [3.63, 3.8) is 0 Å². The molecule has 0 aliphatic heterocycles. The van der Waals surface area contributed by atoms with Crippen LogP contribution in [-0.4, -0.2) is 4.57 Å². The van der Waals surface area contributed by atoms with Gasteiger partial charge in [-0.2, -0.15) is 0 Å². The number of rotatable bonds is 8. The largest absolute Gasteiger partial charge is 0.310 e. The van der Waals surface area contributed by atoms with Gasteiger partial charge < -0.3 is 9.47 Å². The van der Waals surface area contributed by atoms with Crippen LogP contribution in [0.3, 0.4) is 0 Å². The van der Waals surface area contributed by atoms with Gasteiger partial charge in [0, 0.05) is 33.5 Å². The molecule has 0 saturated carbocycles. The summed E-state index contributed by atoms with van der Waals surface area (Å²) in [6.07, 6.45) is 0. The van der Waals surface area contributed by atoms with Crippen molar-refractivity contribution in [2.75, 3.05) is 4.90 Å². The second-order valence-electron chi connectivity index (χ2n) is 18.8. The van der Waals surface area contributed by atoms with Crippen LogP contribution in [0.25, 0.3) is 115 Å². The first-order valence-corrected chi connectivity index (χ1v) is 24.8. The molecule has 0 unspecified atom stereocenters. The van der Waals surface area contributed by atoms with E-state index in [1.54, 1.807) is 0 Å². The third kappa shape index (κ3) is 6.88. The quantitative estimate of drug-likeness (QED) is 0.138. The Balaban J connectivity index is 0.928. The van der Waals surface area contributed by atoms with Crippen LogP contribution in [-0.2, 0) is 0 Å². The lowest BCUT2D eigenvalue weighted by Crippen LogP contribution is -2.10. The number of benzene rings is 13. The molecule has 0 atom stereocenters. The Kier molecular flexibility index (Phi) is 9.89. The second-order valence-corrected chi connectivity index (χ2v) is 18.8. The number of aromatic nitrogens is 1. The van der Waals surface area contributed by atoms with Crippen molar-refractivity contribution >= 4 is 82.0 Å². The molecule has 1 heterocycles. The molecule has 0 amide bonds. The van der Waals surface area contributed by atoms with Gasteiger partial charge in [-0.05, 0) is 154 Å². The standard InChI is InChI=1S/C70H46N2/c1-2-21-53(22-3-1)72-67-32-15-14-25-60(67)66-46-56(43-44-68(66)72)71(54-39-35-49(36-40-54)58-31-16-20-48-18-6-7-23-57(48)58)55-41-37-50(38-42-55)69-62-27-10-12-29-64(62)70(65-30-13-11-28-63(65)69)61-26-9-8-24-59(61)52-34-33-47-17-4-5-19-51(47)45-52/h1-46H. The van der Waals surface area contributed by atoms with Crippen LogP contribution < -0.4 is 4.90 Å². The summed E-state index contributed by atoms with van der Waals surface area (Å²) in [5.41, 5.74) is 16.5. The molecule has 0 N–H and O–H groups in total. The van der Waals surface area contributed by atoms with Crippen LogP contribution in [0.4, 0.5) is 17.1 Å². The topological polar surface area (TPSA) is 8.17 Å². The minimum Gasteiger partial charge on any atom is -0.310 e. The van der Waals surface area contributed by atoms with Crippen molar-refractivity contribution in [2.24, 2.45) is 0 Å². The van der Waals surface area contributed by atoms with Gasteiger partial charge in [0.25, 0.3) is 0 Å². The third-order valence-corrected chi connectivity index (χ3v) is 14.8. The lowest BCUT2D eigenvalue weighted by molar-refractivity contribution is 1.18. The first-order valence-electron chi connectivity index (χ1n) is 24.8. The lowest BCUT2D eigenvalue weighted by Gasteiger charge is -2.26. The van der Waals surface area contributed by atoms with E-state index in [9.17, 15) is 0 Å². The van der Waals surface area contributed by atoms with Crippen molar-refractivity contribution in [2.45, 2.75) is 0 Å². The van der Waals surface area contributed by atoms with Crippen LogP contribution in [0.2, 0.25) is 0 Å². The molecule has 0 aliphatic carbocycles. The van der Waals surface area contributed by atoms with Gasteiger partial charge in [-0.15, -0.1) is 0 Å². The molecule has 14 aromatic rings. The fraction of sp³-hybridized carbons (Fsp3) is 0. The first-order chi connectivity index (χ1) is 35.7. The molecular formula is C70H46N2. The maximum absolute atomic E-state index is 2.41. The second kappa shape index (κ2) is 17.2. The van der Waals surface area contributed by atoms with E-state index in [0.717, 1.165) is 22.7 Å². The Morgan fingerprint density at radius 1 is 0.236 bits per heavy atom. The first kappa shape index (κ1) is 41.5. The SMILES string of the molecule is c1ccc(-n2c3ccccc3c3cc(N(c4ccc(-c5cccc6ccccc56)cc4)c4ccc(-c5c6ccccc6c(-c6ccccc6-c6ccc7ccccc7c6)c6ccccc56)cc4)ccc32)cc1. The van der Waals surface area contributed by atoms with Gasteiger partial charge in [0.1, 0.15) is 0 Å². The number of fused-ring (bicyclic) bond motifs is 7. The van der Waals surface area contributed by atoms with E-state index in [0.29, 0.717) is 0 Å². The number of hydrogen-bond acceptors (Lipinski definition) is 1. The number of para-hydroxylation sites is 2. The van der Waals surface area contributed by atoms with Gasteiger partial charge in [0.15, 0.2) is 0 Å². The monoisotopic (exact) mass is 914 g/mol. The third-order valence-electron chi connectivity index (χ3n) is 14.8. The van der Waals surface area contributed by atoms with E-state index in [1.807, 2.05) is 0 Å². The lowest BCUT2D eigenvalue weighted by atomic mass is 9.83. The summed E-state index contributed by atoms with van der Waals surface area (Å²) < 4.78 is 2.38. The van der Waals surface area contributed by atoms with Crippen molar-refractivity contribution in [3.05, 3.63) is 279 Å². The highest BCUT2D eigenvalue weighted by Crippen LogP contribution is 2.48. The Bertz CT molecular complexity index is 4310. The summed E-state index contributed by atoms with van der Waals surface area (Å²) in [7, 11) is 0. The molecule has 72 heavy (non-hydrogen) atoms. The molecule has 0 spiro atoms. The van der Waals surface area contributed by atoms with Crippen molar-refractivity contribution in [1.29, 1.82) is 0 Å². The van der Waals surface area contributed by atoms with Gasteiger partial charge in [0.2, 0.25) is 0 Å². The molecule has 0 radical (unpaired) electrons. The molecule has 2 heteroatoms. The number of nitrogens with zero attached hydrogens (tertiary/aromatic N) is 2. The van der Waals surface area contributed by atoms with Crippen molar-refractivity contribution < 1.29 is 0 Å². The molecule has 1 aromatic heterocycles. The molecule has 2 nitrogen and oxygen atoms in total. The molecule has 14 rings (SSSR count). The van der Waals surface area contributed by atoms with Crippen LogP contribution in [0.1, 0.15) is 0 Å². The van der Waals surface area contributed by atoms with E-state index in [2.05, 4.69) is 289 Å². The van der Waals surface area contributed by atoms with Crippen LogP contribution >= 0.6 is 0 Å². The molecule has 0 saturated heterocycles. The Hall–Kier alpha value is -9.50. The van der Waals surface area contributed by atoms with Crippen molar-refractivity contribution in [3.8, 4) is 50.2 Å². The molecule has 0 aliphatic rings. The molecule has 13 aromatic carbocycles. The summed E-state index contributed by atoms with van der Waals surface area (Å²) in [5.74, 6) is 0. The summed E-state index contributed by atoms with van der Waals surface area (Å²) in [6, 6.07) is 102. The van der Waals surface area contributed by atoms with E-state index < -0.39 is 0 Å². The van der Waals surface area contributed by atoms with Crippen LogP contribution in [0.15, 0.2) is 279 Å². The highest BCUT2D eigenvalue weighted by Gasteiger charge is 2.21. The van der Waals surface area contributed by atoms with Crippen LogP contribution in [0, 0.1) is 0 Å². The molecular weight excluding hydrogens is 869 g/mol. The predicted molar refractivity (Wildman–Crippen MR) is 307 cm³/mol. The number of anilines is 3. The average Bonchev–Trinajstić information content (AvgIpc) is 3.79. The van der Waals surface area contributed by atoms with E-state index in [1.165, 1.54) is 109 Å². The van der Waals surface area contributed by atoms with Gasteiger partial charge in [-0.25, -0.2) is 0 Å². The molecule has 0 fully saturated rings. The Morgan fingerprint density at radius 3 is 1.43 bits per heavy atom. The summed E-state index contributed by atoms with van der Waals surface area (Å²) in [5, 5.41) is 12.3. The molecule has 336 valence electrons. The molecule has 0 bridgehead atoms. The van der Waals surface area contributed by atoms with Crippen molar-refractivity contribution in [1.82, 2.24) is 4.57 Å². The zero-order valence-electron chi connectivity index (χ0n) is 39.5. The highest BCUT2D eigenvalue weighted by atomic mass is 15.1. The minimum atomic E-state index is 1.08. The van der Waals surface area contributed by atoms with E-state index >= 15 is 0 Å². The predicted octanol–water partition coefficient (Wildman–Crippen LogP) is 19.5. The highest BCUT2D eigenvalue weighted by molar-refractivity contribution is 6.22. The van der Waals surface area contributed by atoms with Gasteiger partial charge in [0.05, 0.1) is 11.0 Å². The number of hydrogen-bond donors (Lipinski definition) is 0. The summed E-state index contributed by atoms with van der Waals surface area (Å²) >= 11 is 0. The smallest absolute Gasteiger partial charge is 0.0542 e. The summed E-state index contributed by atoms with van der Waals surface area (Å²) in [4.78, 5) is 2.41. The summed E-state index contributed by atoms with van der Waals surface area (Å²) in [6.45, 7) is 0. The Morgan fingerprint density at radius 2 is 0.722 bits per heavy atom. The zero-order chi connectivity index (χ0) is 47.5. The van der Waals surface area contributed by atoms with Gasteiger partial charge in [-0.3, -0.25) is 0 Å². The fourth-order valence-corrected chi connectivity index (χ4v) is 11.5. The minimum absolute atomic E-state index is 1.08. The maximum Gasteiger partial charge on any atom is 0.0542 e. The zero-order valence-corrected chi connectivity index (χ0v) is 39.5. The van der Waals surface area contributed by atoms with E-state index in [-0.39, 0.29) is 0 Å². The normalized spacial score (nSPS) is 11.6. The fourth-order valence-electron chi connectivity index (χ4n) is 11.5. The average molecular weight is 915 g/mol. The van der Waals surface area contributed by atoms with Gasteiger partial charge >= 0.3 is 0 Å². The van der Waals surface area contributed by atoms with Gasteiger partial charge in [-0.1, -0.05) is 212 Å². The van der Waals surface area contributed by atoms with Crippen LogP contribution in [0.5, 0.6) is 0 Å². The van der Waals surface area contributed by atoms with E-state index in [4.69, 9.17) is 0 Å².